The highest BCUT2D eigenvalue weighted by atomic mass is 16.5. The van der Waals surface area contributed by atoms with Crippen LogP contribution in [0.3, 0.4) is 0 Å². The van der Waals surface area contributed by atoms with Crippen molar-refractivity contribution in [3.05, 3.63) is 23.4 Å². The number of hydrogen-bond donors (Lipinski definition) is 0. The molecule has 0 saturated heterocycles. The minimum absolute atomic E-state index is 0.466. The smallest absolute Gasteiger partial charge is 0.216 e. The second kappa shape index (κ2) is 7.27. The molecular weight excluding hydrogens is 186 g/mol. The van der Waals surface area contributed by atoms with E-state index in [0.29, 0.717) is 5.92 Å². The third-order valence-corrected chi connectivity index (χ3v) is 2.12. The van der Waals surface area contributed by atoms with Crippen LogP contribution in [0, 0.1) is 0 Å². The monoisotopic (exact) mass is 209 g/mol. The maximum Gasteiger partial charge on any atom is 0.216 e. The third kappa shape index (κ3) is 3.90. The molecule has 0 N–H and O–H groups in total. The van der Waals surface area contributed by atoms with Gasteiger partial charge in [-0.25, -0.2) is 4.98 Å². The number of nitrogens with zero attached hydrogens (tertiary/aromatic N) is 1. The van der Waals surface area contributed by atoms with Crippen molar-refractivity contribution in [2.45, 2.75) is 47.0 Å². The summed E-state index contributed by atoms with van der Waals surface area (Å²) in [6.07, 6.45) is 0.953. The Morgan fingerprint density at radius 3 is 2.27 bits per heavy atom. The summed E-state index contributed by atoms with van der Waals surface area (Å²) in [5, 5.41) is 0. The quantitative estimate of drug-likeness (QED) is 0.755. The first kappa shape index (κ1) is 13.9. The van der Waals surface area contributed by atoms with E-state index in [9.17, 15) is 0 Å². The van der Waals surface area contributed by atoms with E-state index in [-0.39, 0.29) is 0 Å². The summed E-state index contributed by atoms with van der Waals surface area (Å²) in [5.74, 6) is 1.24. The average molecular weight is 209 g/mol. The van der Waals surface area contributed by atoms with Gasteiger partial charge in [0.2, 0.25) is 5.88 Å². The molecule has 0 aromatic carbocycles. The molecule has 0 atom stereocenters. The fourth-order valence-corrected chi connectivity index (χ4v) is 1.29. The van der Waals surface area contributed by atoms with E-state index in [1.807, 2.05) is 13.8 Å². The Hall–Kier alpha value is -1.05. The molecule has 0 aliphatic rings. The topological polar surface area (TPSA) is 22.1 Å². The minimum Gasteiger partial charge on any atom is -0.481 e. The van der Waals surface area contributed by atoms with Crippen molar-refractivity contribution < 1.29 is 4.74 Å². The third-order valence-electron chi connectivity index (χ3n) is 2.12. The van der Waals surface area contributed by atoms with Crippen LogP contribution < -0.4 is 4.74 Å². The molecule has 0 fully saturated rings. The molecule has 1 rings (SSSR count). The molecule has 0 aliphatic heterocycles. The highest BCUT2D eigenvalue weighted by molar-refractivity contribution is 5.30. The lowest BCUT2D eigenvalue weighted by Crippen LogP contribution is -1.99. The van der Waals surface area contributed by atoms with Gasteiger partial charge in [0.05, 0.1) is 7.11 Å². The van der Waals surface area contributed by atoms with E-state index in [1.165, 1.54) is 5.56 Å². The van der Waals surface area contributed by atoms with Crippen LogP contribution in [0.4, 0.5) is 0 Å². The molecule has 0 amide bonds. The van der Waals surface area contributed by atoms with Gasteiger partial charge in [-0.05, 0) is 18.4 Å². The maximum absolute atomic E-state index is 5.24. The second-order valence-electron chi connectivity index (χ2n) is 3.41. The Morgan fingerprint density at radius 1 is 1.27 bits per heavy atom. The van der Waals surface area contributed by atoms with Crippen LogP contribution in [-0.4, -0.2) is 12.1 Å². The van der Waals surface area contributed by atoms with Crippen LogP contribution in [-0.2, 0) is 6.42 Å². The number of pyridine rings is 1. The first-order valence-corrected chi connectivity index (χ1v) is 5.72. The van der Waals surface area contributed by atoms with Crippen molar-refractivity contribution in [1.82, 2.24) is 4.98 Å². The van der Waals surface area contributed by atoms with Gasteiger partial charge in [0.25, 0.3) is 0 Å². The minimum atomic E-state index is 0.466. The van der Waals surface area contributed by atoms with E-state index in [1.54, 1.807) is 7.11 Å². The molecule has 0 bridgehead atoms. The van der Waals surface area contributed by atoms with E-state index in [2.05, 4.69) is 37.9 Å². The number of rotatable bonds is 3. The molecule has 0 aliphatic carbocycles. The van der Waals surface area contributed by atoms with Crippen molar-refractivity contribution in [1.29, 1.82) is 0 Å². The van der Waals surface area contributed by atoms with Gasteiger partial charge in [-0.2, -0.15) is 0 Å². The fourth-order valence-electron chi connectivity index (χ4n) is 1.29. The lowest BCUT2D eigenvalue weighted by atomic mass is 10.0. The molecule has 2 heteroatoms. The standard InChI is InChI=1S/C11H17NO.C2H6/c1-5-9-6-7-10(8(2)3)11(12-9)13-4;1-2/h6-8H,5H2,1-4H3;1-2H3. The van der Waals surface area contributed by atoms with Gasteiger partial charge < -0.3 is 4.74 Å². The number of aryl methyl sites for hydroxylation is 1. The Balaban J connectivity index is 0.000000921. The van der Waals surface area contributed by atoms with Gasteiger partial charge in [-0.1, -0.05) is 40.7 Å². The number of aromatic nitrogens is 1. The first-order chi connectivity index (χ1) is 7.19. The summed E-state index contributed by atoms with van der Waals surface area (Å²) in [6.45, 7) is 10.4. The zero-order chi connectivity index (χ0) is 11.8. The first-order valence-electron chi connectivity index (χ1n) is 5.72. The molecule has 0 radical (unpaired) electrons. The Labute approximate surface area is 93.7 Å². The lowest BCUT2D eigenvalue weighted by Gasteiger charge is -2.11. The van der Waals surface area contributed by atoms with Gasteiger partial charge >= 0.3 is 0 Å². The summed E-state index contributed by atoms with van der Waals surface area (Å²) in [5.41, 5.74) is 2.26. The summed E-state index contributed by atoms with van der Waals surface area (Å²) in [6, 6.07) is 4.17. The molecule has 86 valence electrons. The average Bonchev–Trinajstić information content (AvgIpc) is 2.30. The molecule has 15 heavy (non-hydrogen) atoms. The van der Waals surface area contributed by atoms with Crippen molar-refractivity contribution in [3.8, 4) is 5.88 Å². The van der Waals surface area contributed by atoms with Crippen molar-refractivity contribution in [2.75, 3.05) is 7.11 Å². The molecule has 1 aromatic heterocycles. The second-order valence-corrected chi connectivity index (χ2v) is 3.41. The highest BCUT2D eigenvalue weighted by Crippen LogP contribution is 2.24. The van der Waals surface area contributed by atoms with Gasteiger partial charge in [-0.15, -0.1) is 0 Å². The Kier molecular flexibility index (Phi) is 6.76. The van der Waals surface area contributed by atoms with E-state index >= 15 is 0 Å². The zero-order valence-corrected chi connectivity index (χ0v) is 10.8. The SMILES string of the molecule is CC.CCc1ccc(C(C)C)c(OC)n1. The number of methoxy groups -OCH3 is 1. The van der Waals surface area contributed by atoms with Crippen LogP contribution >= 0.6 is 0 Å². The van der Waals surface area contributed by atoms with Gasteiger partial charge in [0, 0.05) is 11.3 Å². The summed E-state index contributed by atoms with van der Waals surface area (Å²) in [7, 11) is 1.67. The Morgan fingerprint density at radius 2 is 1.87 bits per heavy atom. The van der Waals surface area contributed by atoms with Gasteiger partial charge in [0.15, 0.2) is 0 Å². The molecule has 0 saturated carbocycles. The zero-order valence-electron chi connectivity index (χ0n) is 10.8. The van der Waals surface area contributed by atoms with Crippen molar-refractivity contribution >= 4 is 0 Å². The predicted octanol–water partition coefficient (Wildman–Crippen LogP) is 3.80. The predicted molar refractivity (Wildman–Crippen MR) is 65.6 cm³/mol. The highest BCUT2D eigenvalue weighted by Gasteiger charge is 2.08. The van der Waals surface area contributed by atoms with Crippen molar-refractivity contribution in [3.63, 3.8) is 0 Å². The van der Waals surface area contributed by atoms with Crippen LogP contribution in [0.1, 0.15) is 51.8 Å². The van der Waals surface area contributed by atoms with Crippen LogP contribution in [0.25, 0.3) is 0 Å². The molecule has 0 unspecified atom stereocenters. The molecule has 1 heterocycles. The summed E-state index contributed by atoms with van der Waals surface area (Å²) in [4.78, 5) is 4.41. The largest absolute Gasteiger partial charge is 0.481 e. The number of ether oxygens (including phenoxy) is 1. The lowest BCUT2D eigenvalue weighted by molar-refractivity contribution is 0.389. The van der Waals surface area contributed by atoms with Crippen molar-refractivity contribution in [2.24, 2.45) is 0 Å². The van der Waals surface area contributed by atoms with Gasteiger partial charge in [0.1, 0.15) is 0 Å². The summed E-state index contributed by atoms with van der Waals surface area (Å²) < 4.78 is 5.24. The van der Waals surface area contributed by atoms with E-state index < -0.39 is 0 Å². The normalized spacial score (nSPS) is 9.53. The molecule has 1 aromatic rings. The van der Waals surface area contributed by atoms with E-state index in [4.69, 9.17) is 4.74 Å². The number of hydrogen-bond acceptors (Lipinski definition) is 2. The van der Waals surface area contributed by atoms with Crippen LogP contribution in [0.5, 0.6) is 5.88 Å². The van der Waals surface area contributed by atoms with E-state index in [0.717, 1.165) is 18.0 Å². The summed E-state index contributed by atoms with van der Waals surface area (Å²) >= 11 is 0. The van der Waals surface area contributed by atoms with Crippen LogP contribution in [0.15, 0.2) is 12.1 Å². The fraction of sp³-hybridized carbons (Fsp3) is 0.615. The van der Waals surface area contributed by atoms with Crippen LogP contribution in [0.2, 0.25) is 0 Å². The molecule has 2 nitrogen and oxygen atoms in total. The molecule has 0 spiro atoms. The Bertz CT molecular complexity index is 282. The molecular formula is C13H23NO. The maximum atomic E-state index is 5.24. The van der Waals surface area contributed by atoms with Gasteiger partial charge in [-0.3, -0.25) is 0 Å².